The second-order valence-corrected chi connectivity index (χ2v) is 4.96. The fraction of sp³-hybridized carbons (Fsp3) is 0.917. The molecule has 1 unspecified atom stereocenters. The molecule has 0 heterocycles. The molecule has 0 bridgehead atoms. The molecule has 4 N–H and O–H groups in total. The Morgan fingerprint density at radius 3 is 2.12 bits per heavy atom. The predicted octanol–water partition coefficient (Wildman–Crippen LogP) is -0.130. The Morgan fingerprint density at radius 2 is 1.76 bits per heavy atom. The lowest BCUT2D eigenvalue weighted by atomic mass is 9.97. The van der Waals surface area contributed by atoms with E-state index in [0.29, 0.717) is 18.9 Å². The molecule has 102 valence electrons. The fourth-order valence-electron chi connectivity index (χ4n) is 1.45. The second kappa shape index (κ2) is 7.63. The van der Waals surface area contributed by atoms with Gasteiger partial charge in [-0.3, -0.25) is 10.1 Å². The minimum atomic E-state index is -0.783. The average molecular weight is 246 g/mol. The summed E-state index contributed by atoms with van der Waals surface area (Å²) >= 11 is 0. The first-order valence-corrected chi connectivity index (χ1v) is 6.18. The van der Waals surface area contributed by atoms with Gasteiger partial charge in [0.05, 0.1) is 24.8 Å². The minimum absolute atomic E-state index is 0.113. The minimum Gasteiger partial charge on any atom is -0.394 e. The normalized spacial score (nSPS) is 13.8. The summed E-state index contributed by atoms with van der Waals surface area (Å²) in [7, 11) is 0. The number of carbonyl (C=O) groups is 1. The molecule has 1 amide bonds. The van der Waals surface area contributed by atoms with Gasteiger partial charge in [-0.15, -0.1) is 0 Å². The van der Waals surface area contributed by atoms with Gasteiger partial charge >= 0.3 is 0 Å². The summed E-state index contributed by atoms with van der Waals surface area (Å²) in [6.45, 7) is 7.88. The van der Waals surface area contributed by atoms with Crippen LogP contribution in [0.5, 0.6) is 0 Å². The van der Waals surface area contributed by atoms with Gasteiger partial charge in [0.15, 0.2) is 0 Å². The highest BCUT2D eigenvalue weighted by atomic mass is 16.3. The third kappa shape index (κ3) is 5.48. The van der Waals surface area contributed by atoms with Crippen molar-refractivity contribution >= 4 is 5.91 Å². The molecule has 0 saturated heterocycles. The molecule has 0 aliphatic rings. The number of hydrogen-bond acceptors (Lipinski definition) is 4. The Hall–Kier alpha value is -0.650. The molecule has 0 rings (SSSR count). The van der Waals surface area contributed by atoms with Crippen molar-refractivity contribution in [1.29, 1.82) is 0 Å². The zero-order valence-corrected chi connectivity index (χ0v) is 11.3. The molecule has 5 nitrogen and oxygen atoms in total. The second-order valence-electron chi connectivity index (χ2n) is 4.96. The van der Waals surface area contributed by atoms with E-state index in [1.807, 2.05) is 20.8 Å². The van der Waals surface area contributed by atoms with E-state index in [4.69, 9.17) is 0 Å². The van der Waals surface area contributed by atoms with Crippen LogP contribution in [0.3, 0.4) is 0 Å². The Labute approximate surface area is 104 Å². The zero-order valence-electron chi connectivity index (χ0n) is 11.3. The molecular formula is C12H26N2O3. The van der Waals surface area contributed by atoms with Crippen molar-refractivity contribution in [2.45, 2.75) is 45.7 Å². The first-order valence-electron chi connectivity index (χ1n) is 6.18. The fourth-order valence-corrected chi connectivity index (χ4v) is 1.45. The van der Waals surface area contributed by atoms with Crippen LogP contribution in [-0.2, 0) is 4.79 Å². The van der Waals surface area contributed by atoms with Gasteiger partial charge in [0.2, 0.25) is 5.91 Å². The van der Waals surface area contributed by atoms with Crippen molar-refractivity contribution in [3.05, 3.63) is 0 Å². The van der Waals surface area contributed by atoms with E-state index >= 15 is 0 Å². The average Bonchev–Trinajstić information content (AvgIpc) is 2.32. The molecular weight excluding hydrogens is 220 g/mol. The van der Waals surface area contributed by atoms with Gasteiger partial charge in [0, 0.05) is 6.54 Å². The van der Waals surface area contributed by atoms with Crippen LogP contribution in [0.4, 0.5) is 0 Å². The van der Waals surface area contributed by atoms with Crippen LogP contribution in [0.1, 0.15) is 34.1 Å². The molecule has 0 aromatic carbocycles. The van der Waals surface area contributed by atoms with Crippen LogP contribution in [0.15, 0.2) is 0 Å². The SMILES string of the molecule is CCC(CO)(CO)NC(C)C(=O)NCC(C)C. The lowest BCUT2D eigenvalue weighted by molar-refractivity contribution is -0.123. The third-order valence-corrected chi connectivity index (χ3v) is 2.88. The molecule has 0 fully saturated rings. The summed E-state index contributed by atoms with van der Waals surface area (Å²) in [6, 6.07) is -0.437. The third-order valence-electron chi connectivity index (χ3n) is 2.88. The maximum atomic E-state index is 11.7. The smallest absolute Gasteiger partial charge is 0.236 e. The standard InChI is InChI=1S/C12H26N2O3/c1-5-12(7-15,8-16)14-10(4)11(17)13-6-9(2)3/h9-10,14-16H,5-8H2,1-4H3,(H,13,17). The van der Waals surface area contributed by atoms with Crippen molar-refractivity contribution in [3.8, 4) is 0 Å². The molecule has 0 radical (unpaired) electrons. The van der Waals surface area contributed by atoms with Crippen LogP contribution in [0.25, 0.3) is 0 Å². The maximum absolute atomic E-state index is 11.7. The summed E-state index contributed by atoms with van der Waals surface area (Å²) in [6.07, 6.45) is 0.557. The van der Waals surface area contributed by atoms with Gasteiger partial charge < -0.3 is 15.5 Å². The molecule has 0 saturated carbocycles. The van der Waals surface area contributed by atoms with Crippen LogP contribution in [0, 0.1) is 5.92 Å². The number of hydrogen-bond donors (Lipinski definition) is 4. The number of nitrogens with one attached hydrogen (secondary N) is 2. The Bertz CT molecular complexity index is 220. The van der Waals surface area contributed by atoms with Crippen molar-refractivity contribution in [2.75, 3.05) is 19.8 Å². The highest BCUT2D eigenvalue weighted by Crippen LogP contribution is 2.09. The van der Waals surface area contributed by atoms with E-state index in [0.717, 1.165) is 0 Å². The quantitative estimate of drug-likeness (QED) is 0.481. The Balaban J connectivity index is 4.30. The van der Waals surface area contributed by atoms with Crippen LogP contribution >= 0.6 is 0 Å². The zero-order chi connectivity index (χ0) is 13.5. The van der Waals surface area contributed by atoms with Gasteiger partial charge in [-0.05, 0) is 19.3 Å². The topological polar surface area (TPSA) is 81.6 Å². The molecule has 0 spiro atoms. The number of rotatable bonds is 8. The van der Waals surface area contributed by atoms with Crippen molar-refractivity contribution < 1.29 is 15.0 Å². The summed E-state index contributed by atoms with van der Waals surface area (Å²) in [5.41, 5.74) is -0.783. The molecule has 1 atom stereocenters. The number of carbonyl (C=O) groups excluding carboxylic acids is 1. The van der Waals surface area contributed by atoms with E-state index in [-0.39, 0.29) is 19.1 Å². The van der Waals surface area contributed by atoms with E-state index in [9.17, 15) is 15.0 Å². The molecule has 0 aromatic heterocycles. The largest absolute Gasteiger partial charge is 0.394 e. The van der Waals surface area contributed by atoms with Gasteiger partial charge in [-0.25, -0.2) is 0 Å². The Morgan fingerprint density at radius 1 is 1.24 bits per heavy atom. The Kier molecular flexibility index (Phi) is 7.34. The molecule has 17 heavy (non-hydrogen) atoms. The molecule has 0 aliphatic carbocycles. The summed E-state index contributed by atoms with van der Waals surface area (Å²) in [5, 5.41) is 24.3. The summed E-state index contributed by atoms with van der Waals surface area (Å²) < 4.78 is 0. The summed E-state index contributed by atoms with van der Waals surface area (Å²) in [5.74, 6) is 0.288. The first-order chi connectivity index (χ1) is 7.90. The van der Waals surface area contributed by atoms with Gasteiger partial charge in [-0.2, -0.15) is 0 Å². The monoisotopic (exact) mass is 246 g/mol. The van der Waals surface area contributed by atoms with Gasteiger partial charge in [0.25, 0.3) is 0 Å². The molecule has 0 aliphatic heterocycles. The van der Waals surface area contributed by atoms with E-state index in [1.165, 1.54) is 0 Å². The van der Waals surface area contributed by atoms with E-state index < -0.39 is 11.6 Å². The number of amides is 1. The first kappa shape index (κ1) is 16.4. The van der Waals surface area contributed by atoms with Crippen molar-refractivity contribution in [1.82, 2.24) is 10.6 Å². The summed E-state index contributed by atoms with van der Waals surface area (Å²) in [4.78, 5) is 11.7. The molecule has 5 heteroatoms. The number of aliphatic hydroxyl groups excluding tert-OH is 2. The van der Waals surface area contributed by atoms with E-state index in [2.05, 4.69) is 10.6 Å². The molecule has 0 aromatic rings. The van der Waals surface area contributed by atoms with Gasteiger partial charge in [0.1, 0.15) is 0 Å². The highest BCUT2D eigenvalue weighted by molar-refractivity contribution is 5.81. The number of aliphatic hydroxyl groups is 2. The van der Waals surface area contributed by atoms with E-state index in [1.54, 1.807) is 6.92 Å². The maximum Gasteiger partial charge on any atom is 0.236 e. The lowest BCUT2D eigenvalue weighted by Gasteiger charge is -2.32. The van der Waals surface area contributed by atoms with Crippen LogP contribution in [-0.4, -0.2) is 47.5 Å². The van der Waals surface area contributed by atoms with Crippen LogP contribution in [0.2, 0.25) is 0 Å². The van der Waals surface area contributed by atoms with Gasteiger partial charge in [-0.1, -0.05) is 20.8 Å². The predicted molar refractivity (Wildman–Crippen MR) is 67.6 cm³/mol. The van der Waals surface area contributed by atoms with Crippen molar-refractivity contribution in [2.24, 2.45) is 5.92 Å². The lowest BCUT2D eigenvalue weighted by Crippen LogP contribution is -2.58. The van der Waals surface area contributed by atoms with Crippen LogP contribution < -0.4 is 10.6 Å². The highest BCUT2D eigenvalue weighted by Gasteiger charge is 2.30. The van der Waals surface area contributed by atoms with Crippen molar-refractivity contribution in [3.63, 3.8) is 0 Å².